The van der Waals surface area contributed by atoms with Gasteiger partial charge in [-0.25, -0.2) is 9.59 Å². The minimum Gasteiger partial charge on any atom is -0.338 e. The number of carbonyl (C=O) groups is 2. The van der Waals surface area contributed by atoms with Crippen LogP contribution in [0.4, 0.5) is 5.69 Å². The van der Waals surface area contributed by atoms with Gasteiger partial charge in [-0.15, -0.1) is 0 Å². The Kier molecular flexibility index (Phi) is 6.75. The fourth-order valence-electron chi connectivity index (χ4n) is 5.61. The van der Waals surface area contributed by atoms with Gasteiger partial charge in [-0.1, -0.05) is 11.6 Å². The zero-order valence-electron chi connectivity index (χ0n) is 22.5. The third kappa shape index (κ3) is 4.47. The predicted molar refractivity (Wildman–Crippen MR) is 150 cm³/mol. The van der Waals surface area contributed by atoms with Gasteiger partial charge in [0, 0.05) is 39.1 Å². The van der Waals surface area contributed by atoms with Gasteiger partial charge in [-0.2, -0.15) is 0 Å². The summed E-state index contributed by atoms with van der Waals surface area (Å²) in [6.45, 7) is 8.55. The largest absolute Gasteiger partial charge is 0.338 e. The molecule has 2 aromatic carbocycles. The fourth-order valence-corrected chi connectivity index (χ4v) is 5.61. The summed E-state index contributed by atoms with van der Waals surface area (Å²) in [6, 6.07) is 8.35. The summed E-state index contributed by atoms with van der Waals surface area (Å²) in [5, 5.41) is 3.21. The molecule has 11 nitrogen and oxygen atoms in total. The molecule has 39 heavy (non-hydrogen) atoms. The molecular formula is C28H32N6O5. The number of H-pyrrole nitrogens is 1. The lowest BCUT2D eigenvalue weighted by atomic mass is 10.0. The summed E-state index contributed by atoms with van der Waals surface area (Å²) in [6.07, 6.45) is 0.852. The number of aryl methyl sites for hydroxylation is 3. The Morgan fingerprint density at radius 2 is 1.62 bits per heavy atom. The SMILES string of the molecule is CCn1c(=O)n(CC)c2cc(C(=O)N3CCC(n4c(=O)[nH]c5ccc(C)cc5c4=O)CC3)c(NC(C)=O)cc21. The molecule has 0 saturated carbocycles. The second-order valence-corrected chi connectivity index (χ2v) is 10.0. The minimum absolute atomic E-state index is 0.171. The molecule has 3 heterocycles. The molecule has 0 radical (unpaired) electrons. The van der Waals surface area contributed by atoms with Crippen LogP contribution in [0.25, 0.3) is 21.9 Å². The Labute approximate surface area is 223 Å². The Balaban J connectivity index is 1.47. The fraction of sp³-hybridized carbons (Fsp3) is 0.393. The van der Waals surface area contributed by atoms with E-state index in [1.807, 2.05) is 26.8 Å². The number of hydrogen-bond acceptors (Lipinski definition) is 5. The minimum atomic E-state index is -0.461. The summed E-state index contributed by atoms with van der Waals surface area (Å²) in [5.74, 6) is -0.610. The lowest BCUT2D eigenvalue weighted by molar-refractivity contribution is -0.114. The van der Waals surface area contributed by atoms with Crippen LogP contribution in [0.15, 0.2) is 44.7 Å². The van der Waals surface area contributed by atoms with Crippen molar-refractivity contribution < 1.29 is 9.59 Å². The Bertz CT molecular complexity index is 1800. The Morgan fingerprint density at radius 1 is 0.974 bits per heavy atom. The van der Waals surface area contributed by atoms with Crippen molar-refractivity contribution in [3.05, 3.63) is 72.8 Å². The van der Waals surface area contributed by atoms with Crippen LogP contribution in [-0.2, 0) is 17.9 Å². The first-order valence-electron chi connectivity index (χ1n) is 13.2. The Morgan fingerprint density at radius 3 is 2.23 bits per heavy atom. The molecule has 2 N–H and O–H groups in total. The number of amides is 2. The number of aromatic amines is 1. The topological polar surface area (TPSA) is 131 Å². The van der Waals surface area contributed by atoms with Gasteiger partial charge < -0.3 is 15.2 Å². The van der Waals surface area contributed by atoms with Gasteiger partial charge in [0.15, 0.2) is 0 Å². The number of likely N-dealkylation sites (tertiary alicyclic amines) is 1. The molecule has 204 valence electrons. The molecule has 0 atom stereocenters. The van der Waals surface area contributed by atoms with E-state index >= 15 is 0 Å². The average molecular weight is 533 g/mol. The Hall–Kier alpha value is -4.41. The van der Waals surface area contributed by atoms with E-state index in [4.69, 9.17) is 0 Å². The normalized spacial score (nSPS) is 14.3. The van der Waals surface area contributed by atoms with Crippen molar-refractivity contribution in [3.8, 4) is 0 Å². The lowest BCUT2D eigenvalue weighted by Crippen LogP contribution is -2.45. The van der Waals surface area contributed by atoms with Gasteiger partial charge in [0.25, 0.3) is 11.5 Å². The average Bonchev–Trinajstić information content (AvgIpc) is 3.17. The number of hydrogen-bond donors (Lipinski definition) is 2. The van der Waals surface area contributed by atoms with E-state index in [1.165, 1.54) is 11.5 Å². The first kappa shape index (κ1) is 26.2. The number of carbonyl (C=O) groups excluding carboxylic acids is 2. The van der Waals surface area contributed by atoms with Crippen molar-refractivity contribution >= 4 is 39.4 Å². The maximum atomic E-state index is 13.7. The highest BCUT2D eigenvalue weighted by Gasteiger charge is 2.29. The first-order valence-corrected chi connectivity index (χ1v) is 13.2. The molecule has 1 aliphatic rings. The highest BCUT2D eigenvalue weighted by molar-refractivity contribution is 6.06. The molecule has 4 aromatic rings. The molecule has 0 spiro atoms. The quantitative estimate of drug-likeness (QED) is 0.408. The molecule has 11 heteroatoms. The van der Waals surface area contributed by atoms with Crippen LogP contribution in [0.1, 0.15) is 55.6 Å². The van der Waals surface area contributed by atoms with E-state index in [9.17, 15) is 24.0 Å². The number of benzene rings is 2. The van der Waals surface area contributed by atoms with Gasteiger partial charge in [-0.3, -0.25) is 28.1 Å². The standard InChI is InChI=1S/C28H32N6O5/c1-5-32-23-14-20(22(29-17(4)35)15-24(23)33(6-2)28(32)39)25(36)31-11-9-18(10-12-31)34-26(37)19-13-16(3)7-8-21(19)30-27(34)38/h7-8,13-15,18H,5-6,9-12H2,1-4H3,(H,29,35)(H,30,38). The molecule has 2 aromatic heterocycles. The molecule has 2 amide bonds. The zero-order chi connectivity index (χ0) is 28.0. The maximum Gasteiger partial charge on any atom is 0.329 e. The smallest absolute Gasteiger partial charge is 0.329 e. The van der Waals surface area contributed by atoms with Crippen molar-refractivity contribution in [1.82, 2.24) is 23.6 Å². The van der Waals surface area contributed by atoms with Crippen LogP contribution >= 0.6 is 0 Å². The molecule has 1 saturated heterocycles. The number of imidazole rings is 1. The summed E-state index contributed by atoms with van der Waals surface area (Å²) >= 11 is 0. The van der Waals surface area contributed by atoms with E-state index in [2.05, 4.69) is 10.3 Å². The number of nitrogens with one attached hydrogen (secondary N) is 2. The number of aromatic nitrogens is 4. The molecule has 5 rings (SSSR count). The van der Waals surface area contributed by atoms with Gasteiger partial charge in [0.1, 0.15) is 0 Å². The molecule has 1 fully saturated rings. The summed E-state index contributed by atoms with van der Waals surface area (Å²) in [5.41, 5.74) is 2.37. The predicted octanol–water partition coefficient (Wildman–Crippen LogP) is 2.59. The number of piperidine rings is 1. The number of anilines is 1. The molecule has 0 unspecified atom stereocenters. The second-order valence-electron chi connectivity index (χ2n) is 10.0. The number of rotatable bonds is 5. The third-order valence-electron chi connectivity index (χ3n) is 7.53. The second kappa shape index (κ2) is 10.0. The van der Waals surface area contributed by atoms with Crippen molar-refractivity contribution in [2.45, 2.75) is 59.7 Å². The monoisotopic (exact) mass is 532 g/mol. The van der Waals surface area contributed by atoms with Crippen molar-refractivity contribution in [2.75, 3.05) is 18.4 Å². The van der Waals surface area contributed by atoms with Gasteiger partial charge in [-0.05, 0) is 57.9 Å². The van der Waals surface area contributed by atoms with Crippen LogP contribution in [0, 0.1) is 6.92 Å². The van der Waals surface area contributed by atoms with E-state index < -0.39 is 5.69 Å². The van der Waals surface area contributed by atoms with Crippen LogP contribution in [-0.4, -0.2) is 48.5 Å². The van der Waals surface area contributed by atoms with Crippen molar-refractivity contribution in [2.24, 2.45) is 0 Å². The number of nitrogens with zero attached hydrogens (tertiary/aromatic N) is 4. The van der Waals surface area contributed by atoms with Crippen molar-refractivity contribution in [3.63, 3.8) is 0 Å². The van der Waals surface area contributed by atoms with Gasteiger partial charge in [0.05, 0.1) is 33.2 Å². The van der Waals surface area contributed by atoms with Gasteiger partial charge >= 0.3 is 11.4 Å². The maximum absolute atomic E-state index is 13.7. The molecular weight excluding hydrogens is 500 g/mol. The van der Waals surface area contributed by atoms with Crippen molar-refractivity contribution in [1.29, 1.82) is 0 Å². The van der Waals surface area contributed by atoms with Crippen LogP contribution in [0.2, 0.25) is 0 Å². The summed E-state index contributed by atoms with van der Waals surface area (Å²) in [7, 11) is 0. The highest BCUT2D eigenvalue weighted by Crippen LogP contribution is 2.28. The van der Waals surface area contributed by atoms with E-state index in [1.54, 1.807) is 38.3 Å². The van der Waals surface area contributed by atoms with Crippen LogP contribution < -0.4 is 22.3 Å². The summed E-state index contributed by atoms with van der Waals surface area (Å²) in [4.78, 5) is 69.1. The first-order chi connectivity index (χ1) is 18.6. The van der Waals surface area contributed by atoms with Crippen LogP contribution in [0.5, 0.6) is 0 Å². The molecule has 0 bridgehead atoms. The van der Waals surface area contributed by atoms with Crippen LogP contribution in [0.3, 0.4) is 0 Å². The van der Waals surface area contributed by atoms with E-state index in [-0.39, 0.29) is 29.1 Å². The molecule has 0 aliphatic carbocycles. The number of fused-ring (bicyclic) bond motifs is 2. The van der Waals surface area contributed by atoms with E-state index in [0.29, 0.717) is 72.2 Å². The summed E-state index contributed by atoms with van der Waals surface area (Å²) < 4.78 is 4.50. The van der Waals surface area contributed by atoms with Gasteiger partial charge in [0.2, 0.25) is 5.91 Å². The van der Waals surface area contributed by atoms with E-state index in [0.717, 1.165) is 5.56 Å². The zero-order valence-corrected chi connectivity index (χ0v) is 22.5. The molecule has 1 aliphatic heterocycles. The lowest BCUT2D eigenvalue weighted by Gasteiger charge is -2.33. The third-order valence-corrected chi connectivity index (χ3v) is 7.53. The highest BCUT2D eigenvalue weighted by atomic mass is 16.2.